The summed E-state index contributed by atoms with van der Waals surface area (Å²) in [6, 6.07) is 9.97. The molecule has 2 aromatic rings. The van der Waals surface area contributed by atoms with Crippen LogP contribution >= 0.6 is 11.6 Å². The third-order valence-electron chi connectivity index (χ3n) is 3.16. The van der Waals surface area contributed by atoms with Crippen LogP contribution in [-0.2, 0) is 10.0 Å². The van der Waals surface area contributed by atoms with E-state index in [1.54, 1.807) is 12.1 Å². The molecule has 116 valence electrons. The van der Waals surface area contributed by atoms with Crippen LogP contribution in [0.4, 0.5) is 11.4 Å². The number of sulfonamides is 1. The minimum absolute atomic E-state index is 0.0523. The van der Waals surface area contributed by atoms with E-state index in [1.165, 1.54) is 31.3 Å². The quantitative estimate of drug-likeness (QED) is 0.631. The van der Waals surface area contributed by atoms with Gasteiger partial charge in [0.2, 0.25) is 0 Å². The van der Waals surface area contributed by atoms with E-state index in [2.05, 4.69) is 0 Å². The van der Waals surface area contributed by atoms with Gasteiger partial charge in [-0.2, -0.15) is 0 Å². The zero-order chi connectivity index (χ0) is 16.5. The van der Waals surface area contributed by atoms with Gasteiger partial charge in [0, 0.05) is 19.2 Å². The molecule has 0 aromatic heterocycles. The molecule has 0 unspecified atom stereocenters. The highest BCUT2D eigenvalue weighted by Crippen LogP contribution is 2.32. The third-order valence-corrected chi connectivity index (χ3v) is 5.26. The molecule has 0 heterocycles. The normalized spacial score (nSPS) is 11.2. The fraction of sp³-hybridized carbons (Fsp3) is 0.143. The number of rotatable bonds is 4. The topological polar surface area (TPSA) is 80.5 Å². The van der Waals surface area contributed by atoms with Gasteiger partial charge < -0.3 is 0 Å². The molecule has 2 rings (SSSR count). The van der Waals surface area contributed by atoms with Crippen molar-refractivity contribution in [3.63, 3.8) is 0 Å². The lowest BCUT2D eigenvalue weighted by molar-refractivity contribution is -0.384. The summed E-state index contributed by atoms with van der Waals surface area (Å²) in [7, 11) is -2.54. The Morgan fingerprint density at radius 1 is 1.14 bits per heavy atom. The van der Waals surface area contributed by atoms with Gasteiger partial charge in [-0.25, -0.2) is 8.42 Å². The Hall–Kier alpha value is -2.12. The fourth-order valence-corrected chi connectivity index (χ4v) is 3.35. The zero-order valence-electron chi connectivity index (χ0n) is 11.9. The third kappa shape index (κ3) is 3.05. The molecular weight excluding hydrogens is 328 g/mol. The van der Waals surface area contributed by atoms with E-state index in [9.17, 15) is 18.5 Å². The van der Waals surface area contributed by atoms with Crippen molar-refractivity contribution in [2.24, 2.45) is 0 Å². The molecule has 0 aliphatic rings. The van der Waals surface area contributed by atoms with E-state index >= 15 is 0 Å². The summed E-state index contributed by atoms with van der Waals surface area (Å²) in [5, 5.41) is 11.0. The Morgan fingerprint density at radius 3 is 2.27 bits per heavy atom. The summed E-state index contributed by atoms with van der Waals surface area (Å²) in [4.78, 5) is 10.3. The second kappa shape index (κ2) is 5.94. The maximum Gasteiger partial charge on any atom is 0.271 e. The Morgan fingerprint density at radius 2 is 1.73 bits per heavy atom. The van der Waals surface area contributed by atoms with Gasteiger partial charge in [-0.3, -0.25) is 14.4 Å². The number of nitro benzene ring substituents is 1. The van der Waals surface area contributed by atoms with Crippen molar-refractivity contribution in [2.75, 3.05) is 11.4 Å². The second-order valence-electron chi connectivity index (χ2n) is 4.68. The highest BCUT2D eigenvalue weighted by atomic mass is 35.5. The Labute approximate surface area is 133 Å². The molecular formula is C14H13ClN2O4S. The van der Waals surface area contributed by atoms with Crippen LogP contribution in [0.15, 0.2) is 47.4 Å². The lowest BCUT2D eigenvalue weighted by atomic mass is 10.2. The van der Waals surface area contributed by atoms with E-state index in [4.69, 9.17) is 11.6 Å². The van der Waals surface area contributed by atoms with Crippen LogP contribution in [0.3, 0.4) is 0 Å². The minimum Gasteiger partial charge on any atom is -0.268 e. The highest BCUT2D eigenvalue weighted by Gasteiger charge is 2.24. The first kappa shape index (κ1) is 16.3. The molecule has 0 atom stereocenters. The van der Waals surface area contributed by atoms with Crippen molar-refractivity contribution in [1.29, 1.82) is 0 Å². The van der Waals surface area contributed by atoms with Gasteiger partial charge in [0.25, 0.3) is 15.7 Å². The van der Waals surface area contributed by atoms with Crippen LogP contribution in [0.5, 0.6) is 0 Å². The molecule has 2 aromatic carbocycles. The van der Waals surface area contributed by atoms with Crippen LogP contribution in [0.2, 0.25) is 5.02 Å². The molecule has 0 N–H and O–H groups in total. The van der Waals surface area contributed by atoms with E-state index in [1.807, 2.05) is 6.92 Å². The largest absolute Gasteiger partial charge is 0.271 e. The molecule has 0 saturated carbocycles. The molecule has 0 spiro atoms. The predicted octanol–water partition coefficient (Wildman–Crippen LogP) is 3.38. The Bertz CT molecular complexity index is 819. The van der Waals surface area contributed by atoms with E-state index < -0.39 is 14.9 Å². The van der Waals surface area contributed by atoms with Crippen molar-refractivity contribution in [1.82, 2.24) is 0 Å². The van der Waals surface area contributed by atoms with Gasteiger partial charge in [0.1, 0.15) is 0 Å². The monoisotopic (exact) mass is 340 g/mol. The van der Waals surface area contributed by atoms with Gasteiger partial charge >= 0.3 is 0 Å². The van der Waals surface area contributed by atoms with Gasteiger partial charge in [-0.1, -0.05) is 29.3 Å². The number of nitrogens with zero attached hydrogens (tertiary/aromatic N) is 2. The maximum atomic E-state index is 12.6. The first-order chi connectivity index (χ1) is 10.2. The summed E-state index contributed by atoms with van der Waals surface area (Å²) >= 11 is 5.99. The number of benzene rings is 2. The lowest BCUT2D eigenvalue weighted by Gasteiger charge is -2.20. The van der Waals surface area contributed by atoms with Crippen molar-refractivity contribution < 1.29 is 13.3 Å². The highest BCUT2D eigenvalue weighted by molar-refractivity contribution is 7.92. The fourth-order valence-electron chi connectivity index (χ4n) is 1.85. The average Bonchev–Trinajstić information content (AvgIpc) is 2.47. The predicted molar refractivity (Wildman–Crippen MR) is 84.9 cm³/mol. The number of hydrogen-bond donors (Lipinski definition) is 0. The molecule has 0 amide bonds. The Balaban J connectivity index is 2.50. The van der Waals surface area contributed by atoms with Crippen molar-refractivity contribution >= 4 is 33.0 Å². The van der Waals surface area contributed by atoms with Gasteiger partial charge in [0.15, 0.2) is 0 Å². The number of nitro groups is 1. The number of hydrogen-bond acceptors (Lipinski definition) is 4. The molecule has 0 radical (unpaired) electrons. The van der Waals surface area contributed by atoms with Gasteiger partial charge in [-0.05, 0) is 25.1 Å². The number of anilines is 1. The standard InChI is InChI=1S/C14H13ClN2O4S/c1-10-3-6-12(7-4-10)22(20,21)16(2)14-9-11(17(18)19)5-8-13(14)15/h3-9H,1-2H3. The average molecular weight is 341 g/mol. The molecule has 0 saturated heterocycles. The van der Waals surface area contributed by atoms with Crippen LogP contribution in [0, 0.1) is 17.0 Å². The summed E-state index contributed by atoms with van der Waals surface area (Å²) in [6.45, 7) is 1.84. The Kier molecular flexibility index (Phi) is 4.39. The van der Waals surface area contributed by atoms with Crippen LogP contribution in [0.25, 0.3) is 0 Å². The van der Waals surface area contributed by atoms with Gasteiger partial charge in [-0.15, -0.1) is 0 Å². The zero-order valence-corrected chi connectivity index (χ0v) is 13.4. The van der Waals surface area contributed by atoms with E-state index in [0.717, 1.165) is 15.9 Å². The first-order valence-electron chi connectivity index (χ1n) is 6.23. The smallest absolute Gasteiger partial charge is 0.268 e. The molecule has 8 heteroatoms. The number of non-ortho nitro benzene ring substituents is 1. The summed E-state index contributed by atoms with van der Waals surface area (Å²) in [5.41, 5.74) is 0.747. The van der Waals surface area contributed by atoms with Crippen LogP contribution in [0.1, 0.15) is 5.56 Å². The van der Waals surface area contributed by atoms with Gasteiger partial charge in [0.05, 0.1) is 20.5 Å². The molecule has 6 nitrogen and oxygen atoms in total. The van der Waals surface area contributed by atoms with E-state index in [-0.39, 0.29) is 21.3 Å². The van der Waals surface area contributed by atoms with Crippen molar-refractivity contribution in [2.45, 2.75) is 11.8 Å². The summed E-state index contributed by atoms with van der Waals surface area (Å²) < 4.78 is 26.1. The van der Waals surface area contributed by atoms with Crippen molar-refractivity contribution in [3.05, 3.63) is 63.2 Å². The van der Waals surface area contributed by atoms with Crippen molar-refractivity contribution in [3.8, 4) is 0 Å². The SMILES string of the molecule is Cc1ccc(S(=O)(=O)N(C)c2cc([N+](=O)[O-])ccc2Cl)cc1. The molecule has 0 fully saturated rings. The minimum atomic E-state index is -3.85. The first-order valence-corrected chi connectivity index (χ1v) is 8.05. The number of halogens is 1. The maximum absolute atomic E-state index is 12.6. The molecule has 0 aliphatic heterocycles. The van der Waals surface area contributed by atoms with Crippen LogP contribution < -0.4 is 4.31 Å². The molecule has 0 aliphatic carbocycles. The second-order valence-corrected chi connectivity index (χ2v) is 7.05. The van der Waals surface area contributed by atoms with Crippen LogP contribution in [-0.4, -0.2) is 20.4 Å². The number of aryl methyl sites for hydroxylation is 1. The molecule has 22 heavy (non-hydrogen) atoms. The molecule has 0 bridgehead atoms. The summed E-state index contributed by atoms with van der Waals surface area (Å²) in [6.07, 6.45) is 0. The summed E-state index contributed by atoms with van der Waals surface area (Å²) in [5.74, 6) is 0. The lowest BCUT2D eigenvalue weighted by Crippen LogP contribution is -2.26. The van der Waals surface area contributed by atoms with E-state index in [0.29, 0.717) is 0 Å².